The minimum Gasteiger partial charge on any atom is -0.399 e. The molecule has 0 atom stereocenters. The second kappa shape index (κ2) is 5.09. The summed E-state index contributed by atoms with van der Waals surface area (Å²) in [6.45, 7) is 0.549. The summed E-state index contributed by atoms with van der Waals surface area (Å²) in [4.78, 5) is 8.63. The van der Waals surface area contributed by atoms with E-state index >= 15 is 0 Å². The highest BCUT2D eigenvalue weighted by molar-refractivity contribution is 5.89. The van der Waals surface area contributed by atoms with Gasteiger partial charge in [0.2, 0.25) is 5.95 Å². The highest BCUT2D eigenvalue weighted by Gasteiger charge is 2.14. The number of nitrogens with one attached hydrogen (secondary N) is 1. The third-order valence-corrected chi connectivity index (χ3v) is 3.55. The Bertz CT molecular complexity index is 970. The number of aromatic nitrogens is 6. The monoisotopic (exact) mass is 306 g/mol. The van der Waals surface area contributed by atoms with Crippen molar-refractivity contribution >= 4 is 22.7 Å². The first-order valence-electron chi connectivity index (χ1n) is 7.04. The summed E-state index contributed by atoms with van der Waals surface area (Å²) in [6.07, 6.45) is 3.40. The van der Waals surface area contributed by atoms with Crippen LogP contribution in [0.2, 0.25) is 0 Å². The van der Waals surface area contributed by atoms with Gasteiger partial charge >= 0.3 is 0 Å². The van der Waals surface area contributed by atoms with Gasteiger partial charge in [-0.25, -0.2) is 9.67 Å². The van der Waals surface area contributed by atoms with Crippen LogP contribution in [0.25, 0.3) is 22.4 Å². The minimum atomic E-state index is 0.191. The van der Waals surface area contributed by atoms with Gasteiger partial charge in [0.05, 0.1) is 23.8 Å². The third kappa shape index (κ3) is 2.35. The van der Waals surface area contributed by atoms with Crippen molar-refractivity contribution in [3.05, 3.63) is 48.3 Å². The number of anilines is 2. The number of hydrogen-bond donors (Lipinski definition) is 3. The summed E-state index contributed by atoms with van der Waals surface area (Å²) < 4.78 is 1.78. The highest BCUT2D eigenvalue weighted by Crippen LogP contribution is 2.25. The maximum atomic E-state index is 5.86. The molecule has 0 saturated carbocycles. The summed E-state index contributed by atoms with van der Waals surface area (Å²) in [5, 5.41) is 12.1. The third-order valence-electron chi connectivity index (χ3n) is 3.55. The van der Waals surface area contributed by atoms with Crippen LogP contribution in [0.5, 0.6) is 0 Å². The van der Waals surface area contributed by atoms with Gasteiger partial charge in [-0.15, -0.1) is 0 Å². The van der Waals surface area contributed by atoms with E-state index in [0.29, 0.717) is 23.6 Å². The van der Waals surface area contributed by atoms with Gasteiger partial charge in [-0.05, 0) is 23.8 Å². The number of fused-ring (bicyclic) bond motifs is 1. The van der Waals surface area contributed by atoms with Crippen molar-refractivity contribution < 1.29 is 0 Å². The lowest BCUT2D eigenvalue weighted by Crippen LogP contribution is -2.05. The van der Waals surface area contributed by atoms with Gasteiger partial charge in [0.1, 0.15) is 5.69 Å². The molecule has 1 aromatic carbocycles. The van der Waals surface area contributed by atoms with Gasteiger partial charge in [-0.2, -0.15) is 15.2 Å². The van der Waals surface area contributed by atoms with Crippen molar-refractivity contribution in [2.75, 3.05) is 11.5 Å². The lowest BCUT2D eigenvalue weighted by atomic mass is 10.2. The maximum absolute atomic E-state index is 5.86. The van der Waals surface area contributed by atoms with Crippen LogP contribution in [0.4, 0.5) is 11.6 Å². The van der Waals surface area contributed by atoms with Crippen molar-refractivity contribution in [2.24, 2.45) is 0 Å². The Kier molecular flexibility index (Phi) is 2.94. The molecule has 0 bridgehead atoms. The normalized spacial score (nSPS) is 11.1. The van der Waals surface area contributed by atoms with E-state index in [1.54, 1.807) is 17.1 Å². The Morgan fingerprint density at radius 1 is 1.13 bits per heavy atom. The fourth-order valence-electron chi connectivity index (χ4n) is 2.55. The molecular weight excluding hydrogens is 292 g/mol. The Labute approximate surface area is 131 Å². The first kappa shape index (κ1) is 13.3. The van der Waals surface area contributed by atoms with Crippen LogP contribution in [-0.2, 0) is 6.54 Å². The molecule has 23 heavy (non-hydrogen) atoms. The molecule has 0 fully saturated rings. The average Bonchev–Trinajstić information content (AvgIpc) is 3.17. The van der Waals surface area contributed by atoms with Crippen molar-refractivity contribution in [1.82, 2.24) is 29.9 Å². The van der Waals surface area contributed by atoms with Crippen LogP contribution < -0.4 is 11.5 Å². The van der Waals surface area contributed by atoms with Gasteiger partial charge in [0.25, 0.3) is 0 Å². The van der Waals surface area contributed by atoms with Crippen LogP contribution in [0.3, 0.4) is 0 Å². The summed E-state index contributed by atoms with van der Waals surface area (Å²) in [7, 11) is 0. The first-order valence-corrected chi connectivity index (χ1v) is 7.04. The SMILES string of the molecule is Nc1cccc(Cn2ncc3c(-c4ccn[nH]4)nc(N)nc32)c1. The molecule has 0 aliphatic carbocycles. The van der Waals surface area contributed by atoms with Crippen molar-refractivity contribution in [3.8, 4) is 11.4 Å². The zero-order valence-electron chi connectivity index (χ0n) is 12.1. The molecule has 3 aromatic heterocycles. The molecule has 4 aromatic rings. The second-order valence-electron chi connectivity index (χ2n) is 5.19. The van der Waals surface area contributed by atoms with E-state index in [1.165, 1.54) is 0 Å². The molecular formula is C15H14N8. The number of nitrogens with two attached hydrogens (primary N) is 2. The Hall–Kier alpha value is -3.42. The molecule has 0 radical (unpaired) electrons. The predicted molar refractivity (Wildman–Crippen MR) is 87.3 cm³/mol. The van der Waals surface area contributed by atoms with Gasteiger partial charge in [-0.3, -0.25) is 5.10 Å². The molecule has 5 N–H and O–H groups in total. The topological polar surface area (TPSA) is 124 Å². The minimum absolute atomic E-state index is 0.191. The Morgan fingerprint density at radius 2 is 2.04 bits per heavy atom. The van der Waals surface area contributed by atoms with Crippen molar-refractivity contribution in [3.63, 3.8) is 0 Å². The number of aromatic amines is 1. The quantitative estimate of drug-likeness (QED) is 0.492. The summed E-state index contributed by atoms with van der Waals surface area (Å²) in [5.41, 5.74) is 15.6. The molecule has 0 amide bonds. The van der Waals surface area contributed by atoms with Gasteiger partial charge in [0.15, 0.2) is 5.65 Å². The van der Waals surface area contributed by atoms with Crippen LogP contribution in [-0.4, -0.2) is 29.9 Å². The first-order chi connectivity index (χ1) is 11.2. The molecule has 3 heterocycles. The van der Waals surface area contributed by atoms with Crippen molar-refractivity contribution in [1.29, 1.82) is 0 Å². The smallest absolute Gasteiger partial charge is 0.222 e. The standard InChI is InChI=1S/C15H14N8/c16-10-3-1-2-9(6-10)8-23-14-11(7-19-23)13(20-15(17)21-14)12-4-5-18-22-12/h1-7H,8,16H2,(H,18,22)(H2,17,20,21). The number of rotatable bonds is 3. The summed E-state index contributed by atoms with van der Waals surface area (Å²) in [5.74, 6) is 0.191. The van der Waals surface area contributed by atoms with Crippen LogP contribution in [0.1, 0.15) is 5.56 Å². The fourth-order valence-corrected chi connectivity index (χ4v) is 2.55. The van der Waals surface area contributed by atoms with E-state index in [4.69, 9.17) is 11.5 Å². The molecule has 4 rings (SSSR count). The predicted octanol–water partition coefficient (Wildman–Crippen LogP) is 1.43. The molecule has 0 unspecified atom stereocenters. The van der Waals surface area contributed by atoms with E-state index in [9.17, 15) is 0 Å². The second-order valence-corrected chi connectivity index (χ2v) is 5.19. The summed E-state index contributed by atoms with van der Waals surface area (Å²) in [6, 6.07) is 9.49. The molecule has 8 nitrogen and oxygen atoms in total. The van der Waals surface area contributed by atoms with Crippen LogP contribution >= 0.6 is 0 Å². The maximum Gasteiger partial charge on any atom is 0.222 e. The lowest BCUT2D eigenvalue weighted by Gasteiger charge is -2.06. The average molecular weight is 306 g/mol. The molecule has 0 spiro atoms. The number of H-pyrrole nitrogens is 1. The molecule has 8 heteroatoms. The van der Waals surface area contributed by atoms with Gasteiger partial charge in [-0.1, -0.05) is 12.1 Å². The fraction of sp³-hybridized carbons (Fsp3) is 0.0667. The number of nitrogen functional groups attached to an aromatic ring is 2. The van der Waals surface area contributed by atoms with Gasteiger partial charge < -0.3 is 11.5 Å². The van der Waals surface area contributed by atoms with E-state index in [1.807, 2.05) is 30.3 Å². The number of benzene rings is 1. The molecule has 114 valence electrons. The zero-order chi connectivity index (χ0) is 15.8. The lowest BCUT2D eigenvalue weighted by molar-refractivity contribution is 0.704. The number of nitrogens with zero attached hydrogens (tertiary/aromatic N) is 5. The Balaban J connectivity index is 1.83. The summed E-state index contributed by atoms with van der Waals surface area (Å²) >= 11 is 0. The van der Waals surface area contributed by atoms with Crippen molar-refractivity contribution in [2.45, 2.75) is 6.54 Å². The van der Waals surface area contributed by atoms with Gasteiger partial charge in [0, 0.05) is 11.9 Å². The van der Waals surface area contributed by atoms with E-state index in [0.717, 1.165) is 16.6 Å². The van der Waals surface area contributed by atoms with E-state index in [-0.39, 0.29) is 5.95 Å². The van der Waals surface area contributed by atoms with E-state index < -0.39 is 0 Å². The molecule has 0 saturated heterocycles. The molecule has 0 aliphatic heterocycles. The number of hydrogen-bond acceptors (Lipinski definition) is 6. The highest BCUT2D eigenvalue weighted by atomic mass is 15.3. The van der Waals surface area contributed by atoms with Crippen LogP contribution in [0, 0.1) is 0 Å². The largest absolute Gasteiger partial charge is 0.399 e. The Morgan fingerprint density at radius 3 is 2.83 bits per heavy atom. The van der Waals surface area contributed by atoms with E-state index in [2.05, 4.69) is 25.3 Å². The van der Waals surface area contributed by atoms with Crippen LogP contribution in [0.15, 0.2) is 42.7 Å². The zero-order valence-corrected chi connectivity index (χ0v) is 12.1. The molecule has 0 aliphatic rings.